The van der Waals surface area contributed by atoms with Crippen LogP contribution in [0, 0.1) is 5.82 Å². The molecule has 0 atom stereocenters. The number of nitrogens with one attached hydrogen (secondary N) is 2. The fourth-order valence-corrected chi connectivity index (χ4v) is 5.82. The van der Waals surface area contributed by atoms with Gasteiger partial charge in [-0.25, -0.2) is 9.37 Å². The molecule has 0 spiro atoms. The molecule has 12 heteroatoms. The van der Waals surface area contributed by atoms with Gasteiger partial charge < -0.3 is 25.0 Å². The minimum Gasteiger partial charge on any atom is -0.486 e. The number of thiophene rings is 1. The van der Waals surface area contributed by atoms with Crippen molar-refractivity contribution in [1.82, 2.24) is 14.8 Å². The molecule has 0 unspecified atom stereocenters. The number of hydrogen-bond donors (Lipinski definition) is 2. The molecule has 3 amide bonds. The Morgan fingerprint density at radius 3 is 2.48 bits per heavy atom. The Balaban J connectivity index is 1.11. The van der Waals surface area contributed by atoms with Crippen LogP contribution in [0.25, 0.3) is 10.2 Å². The van der Waals surface area contributed by atoms with Crippen molar-refractivity contribution in [3.05, 3.63) is 76.5 Å². The van der Waals surface area contributed by atoms with E-state index in [2.05, 4.69) is 15.5 Å². The summed E-state index contributed by atoms with van der Waals surface area (Å²) in [4.78, 5) is 47.4. The second kappa shape index (κ2) is 11.7. The molecule has 42 heavy (non-hydrogen) atoms. The van der Waals surface area contributed by atoms with Crippen molar-refractivity contribution < 1.29 is 28.2 Å². The molecule has 0 aliphatic carbocycles. The number of fused-ring (bicyclic) bond motifs is 2. The van der Waals surface area contributed by atoms with Gasteiger partial charge in [0.1, 0.15) is 23.9 Å². The molecule has 2 aromatic carbocycles. The van der Waals surface area contributed by atoms with Gasteiger partial charge in [-0.05, 0) is 48.5 Å². The third-order valence-electron chi connectivity index (χ3n) is 7.14. The minimum absolute atomic E-state index is 0.0595. The normalized spacial score (nSPS) is 15.0. The van der Waals surface area contributed by atoms with Gasteiger partial charge in [0.15, 0.2) is 11.5 Å². The number of nitrogens with zero attached hydrogens (tertiary/aromatic N) is 3. The highest BCUT2D eigenvalue weighted by Gasteiger charge is 2.20. The number of amides is 3. The Bertz CT molecular complexity index is 1680. The summed E-state index contributed by atoms with van der Waals surface area (Å²) in [7, 11) is 0. The zero-order chi connectivity index (χ0) is 29.2. The van der Waals surface area contributed by atoms with Crippen LogP contribution < -0.4 is 20.1 Å². The van der Waals surface area contributed by atoms with E-state index < -0.39 is 17.6 Å². The highest BCUT2D eigenvalue weighted by Crippen LogP contribution is 2.31. The Labute approximate surface area is 245 Å². The number of ether oxygens (including phenoxy) is 2. The average molecular weight is 590 g/mol. The molecule has 0 radical (unpaired) electrons. The van der Waals surface area contributed by atoms with Gasteiger partial charge in [0.2, 0.25) is 5.91 Å². The summed E-state index contributed by atoms with van der Waals surface area (Å²) in [6.07, 6.45) is 0. The molecule has 4 aromatic rings. The highest BCUT2D eigenvalue weighted by molar-refractivity contribution is 7.20. The zero-order valence-corrected chi connectivity index (χ0v) is 23.6. The van der Waals surface area contributed by atoms with Crippen molar-refractivity contribution in [2.24, 2.45) is 0 Å². The topological polar surface area (TPSA) is 113 Å². The van der Waals surface area contributed by atoms with Crippen LogP contribution in [-0.2, 0) is 11.3 Å². The molecule has 6 rings (SSSR count). The minimum atomic E-state index is -0.632. The monoisotopic (exact) mass is 589 g/mol. The molecule has 10 nitrogen and oxygen atoms in total. The smallest absolute Gasteiger partial charge is 0.265 e. The zero-order valence-electron chi connectivity index (χ0n) is 22.8. The summed E-state index contributed by atoms with van der Waals surface area (Å²) >= 11 is 1.23. The summed E-state index contributed by atoms with van der Waals surface area (Å²) < 4.78 is 25.7. The summed E-state index contributed by atoms with van der Waals surface area (Å²) in [5.41, 5.74) is 1.49. The number of carbonyl (C=O) groups is 3. The third-order valence-corrected chi connectivity index (χ3v) is 8.19. The number of carbonyl (C=O) groups excluding carboxylic acids is 3. The lowest BCUT2D eigenvalue weighted by molar-refractivity contribution is -0.130. The van der Waals surface area contributed by atoms with E-state index in [4.69, 9.17) is 14.5 Å². The maximum Gasteiger partial charge on any atom is 0.265 e. The van der Waals surface area contributed by atoms with Crippen LogP contribution in [0.3, 0.4) is 0 Å². The molecule has 2 N–H and O–H groups in total. The van der Waals surface area contributed by atoms with Crippen molar-refractivity contribution >= 4 is 50.6 Å². The maximum absolute atomic E-state index is 14.6. The number of rotatable bonds is 6. The van der Waals surface area contributed by atoms with Crippen molar-refractivity contribution in [2.45, 2.75) is 13.5 Å². The first-order valence-electron chi connectivity index (χ1n) is 13.5. The van der Waals surface area contributed by atoms with Crippen LogP contribution in [0.1, 0.15) is 32.6 Å². The largest absolute Gasteiger partial charge is 0.486 e. The first kappa shape index (κ1) is 27.6. The molecule has 0 bridgehead atoms. The Morgan fingerprint density at radius 2 is 1.69 bits per heavy atom. The van der Waals surface area contributed by atoms with Crippen LogP contribution in [0.15, 0.2) is 54.6 Å². The molecular weight excluding hydrogens is 561 g/mol. The van der Waals surface area contributed by atoms with Gasteiger partial charge in [0.25, 0.3) is 11.8 Å². The fraction of sp³-hybridized carbons (Fsp3) is 0.267. The number of piperazine rings is 1. The van der Waals surface area contributed by atoms with E-state index >= 15 is 0 Å². The average Bonchev–Trinajstić information content (AvgIpc) is 3.43. The van der Waals surface area contributed by atoms with Crippen molar-refractivity contribution in [3.8, 4) is 11.5 Å². The Hall–Kier alpha value is -4.55. The van der Waals surface area contributed by atoms with E-state index in [-0.39, 0.29) is 11.6 Å². The van der Waals surface area contributed by atoms with Crippen LogP contribution >= 0.6 is 11.3 Å². The third kappa shape index (κ3) is 6.04. The second-order valence-corrected chi connectivity index (χ2v) is 11.1. The van der Waals surface area contributed by atoms with Gasteiger partial charge in [-0.1, -0.05) is 6.07 Å². The lowest BCUT2D eigenvalue weighted by Crippen LogP contribution is -2.47. The first-order valence-corrected chi connectivity index (χ1v) is 14.3. The van der Waals surface area contributed by atoms with E-state index in [0.29, 0.717) is 65.3 Å². The number of halogens is 1. The van der Waals surface area contributed by atoms with Crippen molar-refractivity contribution in [1.29, 1.82) is 0 Å². The van der Waals surface area contributed by atoms with Gasteiger partial charge in [0, 0.05) is 56.3 Å². The molecule has 216 valence electrons. The molecule has 0 saturated carbocycles. The highest BCUT2D eigenvalue weighted by atomic mass is 32.1. The molecule has 4 heterocycles. The van der Waals surface area contributed by atoms with Crippen LogP contribution in [0.2, 0.25) is 0 Å². The van der Waals surface area contributed by atoms with Gasteiger partial charge >= 0.3 is 0 Å². The van der Waals surface area contributed by atoms with E-state index in [1.165, 1.54) is 29.5 Å². The predicted octanol–water partition coefficient (Wildman–Crippen LogP) is 4.38. The van der Waals surface area contributed by atoms with Crippen molar-refractivity contribution in [2.75, 3.05) is 50.0 Å². The molecule has 2 aliphatic heterocycles. The summed E-state index contributed by atoms with van der Waals surface area (Å²) in [5, 5.41) is 6.16. The van der Waals surface area contributed by atoms with Gasteiger partial charge in [-0.3, -0.25) is 19.3 Å². The van der Waals surface area contributed by atoms with Crippen LogP contribution in [0.5, 0.6) is 11.5 Å². The Kier molecular flexibility index (Phi) is 7.72. The summed E-state index contributed by atoms with van der Waals surface area (Å²) in [6, 6.07) is 14.4. The number of pyridine rings is 1. The second-order valence-electron chi connectivity index (χ2n) is 10.1. The summed E-state index contributed by atoms with van der Waals surface area (Å²) in [5.74, 6) is -0.379. The number of hydrogen-bond acceptors (Lipinski definition) is 8. The molecule has 2 aliphatic rings. The molecule has 1 saturated heterocycles. The van der Waals surface area contributed by atoms with Crippen molar-refractivity contribution in [3.63, 3.8) is 0 Å². The van der Waals surface area contributed by atoms with E-state index in [9.17, 15) is 18.8 Å². The quantitative estimate of drug-likeness (QED) is 0.343. The number of benzene rings is 2. The van der Waals surface area contributed by atoms with E-state index in [1.807, 2.05) is 17.0 Å². The number of aromatic nitrogens is 1. The summed E-state index contributed by atoms with van der Waals surface area (Å²) in [6.45, 7) is 6.03. The van der Waals surface area contributed by atoms with Crippen LogP contribution in [0.4, 0.5) is 15.8 Å². The van der Waals surface area contributed by atoms with Gasteiger partial charge in [0.05, 0.1) is 16.3 Å². The Morgan fingerprint density at radius 1 is 0.905 bits per heavy atom. The molecular formula is C30H28FN5O5S. The van der Waals surface area contributed by atoms with Gasteiger partial charge in [-0.15, -0.1) is 11.3 Å². The standard InChI is InChI=1S/C30H28FN5O5S/c1-18(37)36-10-8-35(9-11-36)17-22-4-2-20-15-27(42-30(20)33-22)29(39)34-24-16-21(5-6-23(24)31)32-28(38)19-3-7-25-26(14-19)41-13-12-40-25/h2-7,14-16H,8-13,17H2,1H3,(H,32,38)(H,34,39). The van der Waals surface area contributed by atoms with Crippen LogP contribution in [-0.4, -0.2) is 71.9 Å². The fourth-order valence-electron chi connectivity index (χ4n) is 4.88. The molecule has 1 fully saturated rings. The van der Waals surface area contributed by atoms with E-state index in [1.54, 1.807) is 31.2 Å². The van der Waals surface area contributed by atoms with Gasteiger partial charge in [-0.2, -0.15) is 0 Å². The molecule has 2 aromatic heterocycles. The maximum atomic E-state index is 14.6. The predicted molar refractivity (Wildman–Crippen MR) is 157 cm³/mol. The number of anilines is 2. The van der Waals surface area contributed by atoms with E-state index in [0.717, 1.165) is 24.2 Å². The SMILES string of the molecule is CC(=O)N1CCN(Cc2ccc3cc(C(=O)Nc4cc(NC(=O)c5ccc6c(c5)OCCO6)ccc4F)sc3n2)CC1. The lowest BCUT2D eigenvalue weighted by Gasteiger charge is -2.33. The first-order chi connectivity index (χ1) is 20.3. The lowest BCUT2D eigenvalue weighted by atomic mass is 10.1.